The Morgan fingerprint density at radius 3 is 2.47 bits per heavy atom. The zero-order valence-electron chi connectivity index (χ0n) is 7.32. The summed E-state index contributed by atoms with van der Waals surface area (Å²) in [4.78, 5) is 0. The molecule has 1 aliphatic heterocycles. The number of fused-ring (bicyclic) bond motifs is 1. The van der Waals surface area contributed by atoms with Crippen LogP contribution in [-0.4, -0.2) is 33.1 Å². The minimum atomic E-state index is -2.70. The Morgan fingerprint density at radius 2 is 1.80 bits per heavy atom. The van der Waals surface area contributed by atoms with Gasteiger partial charge in [0.15, 0.2) is 11.5 Å². The lowest BCUT2D eigenvalue weighted by molar-refractivity contribution is -0.385. The maximum Gasteiger partial charge on any atom is 0.505 e. The summed E-state index contributed by atoms with van der Waals surface area (Å²) in [6, 6.07) is 3.91. The van der Waals surface area contributed by atoms with Gasteiger partial charge in [0, 0.05) is 6.07 Å². The molecule has 82 valence electrons. The molecule has 0 radical (unpaired) electrons. The largest absolute Gasteiger partial charge is 0.505 e. The number of aliphatic hydroxyl groups is 4. The van der Waals surface area contributed by atoms with Crippen molar-refractivity contribution in [1.29, 1.82) is 0 Å². The second kappa shape index (κ2) is 3.24. The van der Waals surface area contributed by atoms with Crippen LogP contribution in [0.3, 0.4) is 0 Å². The molecule has 7 heteroatoms. The van der Waals surface area contributed by atoms with Crippen LogP contribution in [0.25, 0.3) is 0 Å². The van der Waals surface area contributed by atoms with Crippen molar-refractivity contribution in [2.24, 2.45) is 0 Å². The SMILES string of the molecule is OC(O)Oc1ccc2c(c1)OC(O)(O)O2. The van der Waals surface area contributed by atoms with Crippen LogP contribution in [0.4, 0.5) is 0 Å². The molecule has 0 spiro atoms. The van der Waals surface area contributed by atoms with E-state index in [1.54, 1.807) is 0 Å². The molecule has 1 heterocycles. The quantitative estimate of drug-likeness (QED) is 0.455. The highest BCUT2D eigenvalue weighted by Gasteiger charge is 2.38. The van der Waals surface area contributed by atoms with E-state index in [9.17, 15) is 0 Å². The molecule has 0 saturated heterocycles. The van der Waals surface area contributed by atoms with Gasteiger partial charge in [-0.2, -0.15) is 0 Å². The van der Waals surface area contributed by atoms with Gasteiger partial charge in [-0.3, -0.25) is 10.2 Å². The third-order valence-corrected chi connectivity index (χ3v) is 1.64. The molecule has 0 amide bonds. The highest BCUT2D eigenvalue weighted by atomic mass is 17.0. The van der Waals surface area contributed by atoms with Gasteiger partial charge in [-0.1, -0.05) is 0 Å². The van der Waals surface area contributed by atoms with Crippen molar-refractivity contribution in [3.05, 3.63) is 18.2 Å². The average molecular weight is 216 g/mol. The van der Waals surface area contributed by atoms with E-state index in [0.717, 1.165) is 0 Å². The number of ether oxygens (including phenoxy) is 3. The summed E-state index contributed by atoms with van der Waals surface area (Å²) in [5.74, 6) is 0.225. The zero-order chi connectivity index (χ0) is 11.1. The fourth-order valence-corrected chi connectivity index (χ4v) is 1.15. The minimum Gasteiger partial charge on any atom is -0.441 e. The van der Waals surface area contributed by atoms with Crippen molar-refractivity contribution in [3.63, 3.8) is 0 Å². The monoisotopic (exact) mass is 216 g/mol. The van der Waals surface area contributed by atoms with Crippen LogP contribution in [0.1, 0.15) is 0 Å². The van der Waals surface area contributed by atoms with Crippen LogP contribution in [0, 0.1) is 0 Å². The van der Waals surface area contributed by atoms with Gasteiger partial charge in [0.2, 0.25) is 0 Å². The van der Waals surface area contributed by atoms with Crippen LogP contribution >= 0.6 is 0 Å². The van der Waals surface area contributed by atoms with E-state index in [1.807, 2.05) is 0 Å². The van der Waals surface area contributed by atoms with Gasteiger partial charge < -0.3 is 24.4 Å². The summed E-state index contributed by atoms with van der Waals surface area (Å²) >= 11 is 0. The Morgan fingerprint density at radius 1 is 1.13 bits per heavy atom. The predicted octanol–water partition coefficient (Wildman–Crippen LogP) is -1.30. The summed E-state index contributed by atoms with van der Waals surface area (Å²) in [5.41, 5.74) is 0. The standard InChI is InChI=1S/C8H8O7/c9-7(10)13-4-1-2-5-6(3-4)15-8(11,12)14-5/h1-3,7,9-12H. The molecule has 0 bridgehead atoms. The van der Waals surface area contributed by atoms with Crippen molar-refractivity contribution < 1.29 is 34.6 Å². The Hall–Kier alpha value is -1.54. The molecular formula is C8H8O7. The Kier molecular flexibility index (Phi) is 2.16. The lowest BCUT2D eigenvalue weighted by Crippen LogP contribution is -2.37. The van der Waals surface area contributed by atoms with Gasteiger partial charge >= 0.3 is 12.6 Å². The molecule has 1 aliphatic rings. The lowest BCUT2D eigenvalue weighted by atomic mass is 10.3. The molecule has 1 aromatic carbocycles. The number of aliphatic hydroxyl groups excluding tert-OH is 1. The number of benzene rings is 1. The van der Waals surface area contributed by atoms with E-state index in [4.69, 9.17) is 20.4 Å². The summed E-state index contributed by atoms with van der Waals surface area (Å²) in [6.07, 6.45) is -2.70. The van der Waals surface area contributed by atoms with E-state index in [2.05, 4.69) is 14.2 Å². The fraction of sp³-hybridized carbons (Fsp3) is 0.250. The van der Waals surface area contributed by atoms with Crippen LogP contribution in [0.5, 0.6) is 17.2 Å². The molecule has 0 aromatic heterocycles. The number of hydrogen-bond donors (Lipinski definition) is 4. The van der Waals surface area contributed by atoms with Crippen LogP contribution in [0.2, 0.25) is 0 Å². The summed E-state index contributed by atoms with van der Waals surface area (Å²) in [5, 5.41) is 35.0. The maximum absolute atomic E-state index is 8.96. The van der Waals surface area contributed by atoms with E-state index >= 15 is 0 Å². The molecule has 1 aromatic rings. The average Bonchev–Trinajstić information content (AvgIpc) is 2.36. The third-order valence-electron chi connectivity index (χ3n) is 1.64. The fourth-order valence-electron chi connectivity index (χ4n) is 1.15. The molecule has 4 N–H and O–H groups in total. The van der Waals surface area contributed by atoms with E-state index < -0.39 is 12.6 Å². The minimum absolute atomic E-state index is 0.0261. The molecule has 15 heavy (non-hydrogen) atoms. The normalized spacial score (nSPS) is 16.9. The number of rotatable bonds is 2. The first-order chi connectivity index (χ1) is 6.96. The summed E-state index contributed by atoms with van der Waals surface area (Å²) < 4.78 is 13.6. The first-order valence-electron chi connectivity index (χ1n) is 3.96. The van der Waals surface area contributed by atoms with E-state index in [0.29, 0.717) is 0 Å². The van der Waals surface area contributed by atoms with Crippen molar-refractivity contribution in [2.75, 3.05) is 0 Å². The zero-order valence-corrected chi connectivity index (χ0v) is 7.32. The lowest BCUT2D eigenvalue weighted by Gasteiger charge is -2.10. The van der Waals surface area contributed by atoms with Gasteiger partial charge in [0.25, 0.3) is 0 Å². The maximum atomic E-state index is 8.96. The van der Waals surface area contributed by atoms with E-state index in [-0.39, 0.29) is 17.2 Å². The van der Waals surface area contributed by atoms with Gasteiger partial charge in [-0.05, 0) is 12.1 Å². The molecule has 0 atom stereocenters. The number of hydrogen-bond acceptors (Lipinski definition) is 7. The van der Waals surface area contributed by atoms with Crippen molar-refractivity contribution in [1.82, 2.24) is 0 Å². The molecular weight excluding hydrogens is 208 g/mol. The van der Waals surface area contributed by atoms with E-state index in [1.165, 1.54) is 18.2 Å². The van der Waals surface area contributed by atoms with Crippen molar-refractivity contribution in [2.45, 2.75) is 12.6 Å². The Balaban J connectivity index is 2.23. The second-order valence-electron chi connectivity index (χ2n) is 2.81. The molecule has 0 fully saturated rings. The first-order valence-corrected chi connectivity index (χ1v) is 3.96. The van der Waals surface area contributed by atoms with Gasteiger partial charge in [0.1, 0.15) is 5.75 Å². The molecule has 2 rings (SSSR count). The Labute approximate surface area is 83.7 Å². The van der Waals surface area contributed by atoms with Gasteiger partial charge in [0.05, 0.1) is 0 Å². The van der Waals surface area contributed by atoms with Crippen molar-refractivity contribution in [3.8, 4) is 17.2 Å². The smallest absolute Gasteiger partial charge is 0.441 e. The third kappa shape index (κ3) is 2.10. The molecule has 0 saturated carbocycles. The van der Waals surface area contributed by atoms with Crippen LogP contribution in [0.15, 0.2) is 18.2 Å². The predicted molar refractivity (Wildman–Crippen MR) is 43.7 cm³/mol. The van der Waals surface area contributed by atoms with Crippen LogP contribution < -0.4 is 14.2 Å². The molecule has 0 unspecified atom stereocenters. The first kappa shape index (κ1) is 9.99. The molecule has 0 aliphatic carbocycles. The molecule has 7 nitrogen and oxygen atoms in total. The van der Waals surface area contributed by atoms with Crippen LogP contribution in [-0.2, 0) is 0 Å². The highest BCUT2D eigenvalue weighted by Crippen LogP contribution is 2.39. The summed E-state index contributed by atoms with van der Waals surface area (Å²) in [7, 11) is 0. The van der Waals surface area contributed by atoms with Gasteiger partial charge in [-0.25, -0.2) is 0 Å². The topological polar surface area (TPSA) is 109 Å². The summed E-state index contributed by atoms with van der Waals surface area (Å²) in [6.45, 7) is -1.96. The second-order valence-corrected chi connectivity index (χ2v) is 2.81. The van der Waals surface area contributed by atoms with Crippen molar-refractivity contribution >= 4 is 0 Å². The van der Waals surface area contributed by atoms with Gasteiger partial charge in [-0.15, -0.1) is 0 Å². The highest BCUT2D eigenvalue weighted by molar-refractivity contribution is 5.47. The Bertz CT molecular complexity index is 373.